The largest absolute Gasteiger partial charge is 0.341 e. The first-order valence-corrected chi connectivity index (χ1v) is 6.57. The van der Waals surface area contributed by atoms with Gasteiger partial charge in [0.2, 0.25) is 5.91 Å². The van der Waals surface area contributed by atoms with Gasteiger partial charge in [0.1, 0.15) is 0 Å². The Bertz CT molecular complexity index is 374. The number of hydrogen-bond acceptors (Lipinski definition) is 1. The third-order valence-electron chi connectivity index (χ3n) is 3.76. The molecule has 2 heteroatoms. The summed E-state index contributed by atoms with van der Waals surface area (Å²) in [5.41, 5.74) is 1.18. The van der Waals surface area contributed by atoms with Crippen molar-refractivity contribution >= 4 is 5.91 Å². The van der Waals surface area contributed by atoms with Crippen LogP contribution in [0.15, 0.2) is 30.3 Å². The van der Waals surface area contributed by atoms with Crippen molar-refractivity contribution in [3.8, 4) is 0 Å². The van der Waals surface area contributed by atoms with Gasteiger partial charge in [-0.05, 0) is 12.0 Å². The van der Waals surface area contributed by atoms with Crippen LogP contribution in [0.5, 0.6) is 0 Å². The van der Waals surface area contributed by atoms with Crippen molar-refractivity contribution in [1.82, 2.24) is 4.90 Å². The molecule has 92 valence electrons. The molecule has 2 nitrogen and oxygen atoms in total. The molecule has 2 rings (SSSR count). The molecule has 0 bridgehead atoms. The molecule has 0 N–H and O–H groups in total. The fourth-order valence-corrected chi connectivity index (χ4v) is 2.68. The van der Waals surface area contributed by atoms with Gasteiger partial charge in [0, 0.05) is 13.1 Å². The maximum Gasteiger partial charge on any atom is 0.232 e. The third kappa shape index (κ3) is 2.36. The minimum Gasteiger partial charge on any atom is -0.341 e. The van der Waals surface area contributed by atoms with Crippen LogP contribution in [0.3, 0.4) is 0 Å². The number of carbonyl (C=O) groups is 1. The number of benzene rings is 1. The summed E-state index contributed by atoms with van der Waals surface area (Å²) in [5, 5.41) is 0. The second-order valence-corrected chi connectivity index (χ2v) is 4.90. The van der Waals surface area contributed by atoms with E-state index in [1.807, 2.05) is 30.1 Å². The van der Waals surface area contributed by atoms with E-state index >= 15 is 0 Å². The fourth-order valence-electron chi connectivity index (χ4n) is 2.68. The van der Waals surface area contributed by atoms with Crippen LogP contribution < -0.4 is 0 Å². The zero-order chi connectivity index (χ0) is 12.3. The minimum absolute atomic E-state index is 0.109. The van der Waals surface area contributed by atoms with Gasteiger partial charge in [-0.2, -0.15) is 0 Å². The highest BCUT2D eigenvalue weighted by molar-refractivity contribution is 5.90. The zero-order valence-corrected chi connectivity index (χ0v) is 10.7. The predicted octanol–water partition coefficient (Wildman–Crippen LogP) is 3.19. The van der Waals surface area contributed by atoms with Gasteiger partial charge in [-0.1, -0.05) is 56.5 Å². The van der Waals surface area contributed by atoms with Gasteiger partial charge in [-0.25, -0.2) is 0 Å². The monoisotopic (exact) mass is 231 g/mol. The molecule has 1 aromatic rings. The Balaban J connectivity index is 2.03. The number of unbranched alkanes of at least 4 members (excludes halogenated alkanes) is 2. The van der Waals surface area contributed by atoms with Crippen molar-refractivity contribution in [2.45, 2.75) is 44.6 Å². The first kappa shape index (κ1) is 12.2. The molecule has 1 aliphatic heterocycles. The number of β-lactam (4-membered cyclic amide) rings is 1. The van der Waals surface area contributed by atoms with E-state index < -0.39 is 0 Å². The molecule has 2 atom stereocenters. The van der Waals surface area contributed by atoms with Crippen molar-refractivity contribution in [2.24, 2.45) is 0 Å². The Morgan fingerprint density at radius 3 is 2.53 bits per heavy atom. The normalized spacial score (nSPS) is 23.6. The lowest BCUT2D eigenvalue weighted by Crippen LogP contribution is -2.56. The van der Waals surface area contributed by atoms with E-state index in [4.69, 9.17) is 0 Å². The van der Waals surface area contributed by atoms with E-state index in [-0.39, 0.29) is 11.8 Å². The second kappa shape index (κ2) is 5.35. The summed E-state index contributed by atoms with van der Waals surface area (Å²) in [5.74, 6) is 0.385. The van der Waals surface area contributed by atoms with Crippen LogP contribution in [-0.4, -0.2) is 23.9 Å². The number of hydrogen-bond donors (Lipinski definition) is 0. The summed E-state index contributed by atoms with van der Waals surface area (Å²) < 4.78 is 0. The van der Waals surface area contributed by atoms with Crippen LogP contribution in [0.25, 0.3) is 0 Å². The standard InChI is InChI=1S/C15H21NO/c1-3-4-6-11-13-14(15(17)16(13)2)12-9-7-5-8-10-12/h5,7-10,13-14H,3-4,6,11H2,1-2H3. The molecule has 2 unspecified atom stereocenters. The minimum atomic E-state index is 0.109. The summed E-state index contributed by atoms with van der Waals surface area (Å²) >= 11 is 0. The molecule has 0 aliphatic carbocycles. The van der Waals surface area contributed by atoms with Crippen LogP contribution in [0.2, 0.25) is 0 Å². The predicted molar refractivity (Wildman–Crippen MR) is 69.9 cm³/mol. The number of likely N-dealkylation sites (N-methyl/N-ethyl adjacent to an activating group) is 1. The molecule has 1 saturated heterocycles. The van der Waals surface area contributed by atoms with Crippen LogP contribution in [-0.2, 0) is 4.79 Å². The maximum atomic E-state index is 11.9. The molecular formula is C15H21NO. The summed E-state index contributed by atoms with van der Waals surface area (Å²) in [7, 11) is 1.93. The Kier molecular flexibility index (Phi) is 3.82. The molecule has 1 amide bonds. The second-order valence-electron chi connectivity index (χ2n) is 4.90. The smallest absolute Gasteiger partial charge is 0.232 e. The highest BCUT2D eigenvalue weighted by Gasteiger charge is 2.44. The lowest BCUT2D eigenvalue weighted by atomic mass is 9.79. The number of nitrogens with zero attached hydrogens (tertiary/aromatic N) is 1. The molecule has 17 heavy (non-hydrogen) atoms. The molecule has 0 spiro atoms. The molecule has 1 aliphatic rings. The van der Waals surface area contributed by atoms with E-state index in [0.29, 0.717) is 6.04 Å². The Hall–Kier alpha value is -1.31. The van der Waals surface area contributed by atoms with Gasteiger partial charge in [-0.3, -0.25) is 4.79 Å². The first-order valence-electron chi connectivity index (χ1n) is 6.57. The topological polar surface area (TPSA) is 20.3 Å². The molecule has 0 aromatic heterocycles. The van der Waals surface area contributed by atoms with Crippen molar-refractivity contribution < 1.29 is 4.79 Å². The van der Waals surface area contributed by atoms with Crippen LogP contribution in [0, 0.1) is 0 Å². The average Bonchev–Trinajstić information content (AvgIpc) is 2.38. The number of rotatable bonds is 5. The SMILES string of the molecule is CCCCCC1C(c2ccccc2)C(=O)N1C. The van der Waals surface area contributed by atoms with E-state index in [9.17, 15) is 4.79 Å². The number of likely N-dealkylation sites (tertiary alicyclic amines) is 1. The van der Waals surface area contributed by atoms with Crippen LogP contribution in [0.4, 0.5) is 0 Å². The molecule has 1 fully saturated rings. The first-order chi connectivity index (χ1) is 8.25. The van der Waals surface area contributed by atoms with Crippen molar-refractivity contribution in [3.63, 3.8) is 0 Å². The highest BCUT2D eigenvalue weighted by Crippen LogP contribution is 2.37. The van der Waals surface area contributed by atoms with Crippen molar-refractivity contribution in [3.05, 3.63) is 35.9 Å². The van der Waals surface area contributed by atoms with E-state index in [0.717, 1.165) is 6.42 Å². The Labute approximate surface area is 104 Å². The van der Waals surface area contributed by atoms with Gasteiger partial charge in [0.15, 0.2) is 0 Å². The number of carbonyl (C=O) groups excluding carboxylic acids is 1. The fraction of sp³-hybridized carbons (Fsp3) is 0.533. The van der Waals surface area contributed by atoms with Crippen LogP contribution >= 0.6 is 0 Å². The molecule has 0 saturated carbocycles. The van der Waals surface area contributed by atoms with E-state index in [2.05, 4.69) is 19.1 Å². The van der Waals surface area contributed by atoms with Gasteiger partial charge < -0.3 is 4.90 Å². The van der Waals surface area contributed by atoms with Gasteiger partial charge in [-0.15, -0.1) is 0 Å². The summed E-state index contributed by atoms with van der Waals surface area (Å²) in [6.07, 6.45) is 4.86. The molecule has 1 heterocycles. The van der Waals surface area contributed by atoms with Gasteiger partial charge in [0.25, 0.3) is 0 Å². The van der Waals surface area contributed by atoms with Crippen LogP contribution in [0.1, 0.15) is 44.1 Å². The van der Waals surface area contributed by atoms with Gasteiger partial charge in [0.05, 0.1) is 5.92 Å². The average molecular weight is 231 g/mol. The Morgan fingerprint density at radius 2 is 1.88 bits per heavy atom. The van der Waals surface area contributed by atoms with E-state index in [1.165, 1.54) is 24.8 Å². The lowest BCUT2D eigenvalue weighted by molar-refractivity contribution is -0.147. The lowest BCUT2D eigenvalue weighted by Gasteiger charge is -2.45. The molecular weight excluding hydrogens is 210 g/mol. The third-order valence-corrected chi connectivity index (χ3v) is 3.76. The summed E-state index contributed by atoms with van der Waals surface area (Å²) in [6.45, 7) is 2.21. The van der Waals surface area contributed by atoms with Crippen molar-refractivity contribution in [1.29, 1.82) is 0 Å². The summed E-state index contributed by atoms with van der Waals surface area (Å²) in [4.78, 5) is 13.8. The number of amides is 1. The Morgan fingerprint density at radius 1 is 1.18 bits per heavy atom. The quantitative estimate of drug-likeness (QED) is 0.563. The van der Waals surface area contributed by atoms with Gasteiger partial charge >= 0.3 is 0 Å². The maximum absolute atomic E-state index is 11.9. The van der Waals surface area contributed by atoms with E-state index in [1.54, 1.807) is 0 Å². The zero-order valence-electron chi connectivity index (χ0n) is 10.7. The summed E-state index contributed by atoms with van der Waals surface area (Å²) in [6, 6.07) is 10.6. The molecule has 0 radical (unpaired) electrons. The van der Waals surface area contributed by atoms with Crippen molar-refractivity contribution in [2.75, 3.05) is 7.05 Å². The highest BCUT2D eigenvalue weighted by atomic mass is 16.2. The molecule has 1 aromatic carbocycles.